The van der Waals surface area contributed by atoms with Gasteiger partial charge in [0.2, 0.25) is 12.7 Å². The maximum Gasteiger partial charge on any atom is 0.288 e. The SMILES string of the molecule is O=C(Cn1ccnc1)Nc1n[nH]c(=O)c2[nH]c3cc4c(cc3c12)OCO4. The summed E-state index contributed by atoms with van der Waals surface area (Å²) in [5.74, 6) is 1.14. The molecule has 130 valence electrons. The number of benzene rings is 1. The molecule has 1 amide bonds. The molecule has 4 aromatic rings. The Balaban J connectivity index is 1.63. The Morgan fingerprint density at radius 1 is 1.31 bits per heavy atom. The second kappa shape index (κ2) is 5.34. The number of rotatable bonds is 3. The molecule has 0 aliphatic carbocycles. The first-order valence-electron chi connectivity index (χ1n) is 7.78. The van der Waals surface area contributed by atoms with E-state index in [1.54, 1.807) is 35.4 Å². The largest absolute Gasteiger partial charge is 0.454 e. The summed E-state index contributed by atoms with van der Waals surface area (Å²) in [7, 11) is 0. The number of nitrogens with one attached hydrogen (secondary N) is 3. The molecule has 0 unspecified atom stereocenters. The lowest BCUT2D eigenvalue weighted by molar-refractivity contribution is -0.116. The highest BCUT2D eigenvalue weighted by Gasteiger charge is 2.20. The lowest BCUT2D eigenvalue weighted by Gasteiger charge is -2.06. The molecule has 3 aromatic heterocycles. The molecule has 10 heteroatoms. The number of amides is 1. The number of fused-ring (bicyclic) bond motifs is 4. The van der Waals surface area contributed by atoms with E-state index < -0.39 is 0 Å². The molecule has 1 aromatic carbocycles. The van der Waals surface area contributed by atoms with Crippen molar-refractivity contribution in [3.8, 4) is 11.5 Å². The highest BCUT2D eigenvalue weighted by molar-refractivity contribution is 6.14. The van der Waals surface area contributed by atoms with Crippen molar-refractivity contribution < 1.29 is 14.3 Å². The molecule has 0 saturated heterocycles. The molecule has 26 heavy (non-hydrogen) atoms. The van der Waals surface area contributed by atoms with Gasteiger partial charge < -0.3 is 24.3 Å². The molecular weight excluding hydrogens is 340 g/mol. The first kappa shape index (κ1) is 14.5. The van der Waals surface area contributed by atoms with E-state index in [0.29, 0.717) is 33.3 Å². The zero-order valence-electron chi connectivity index (χ0n) is 13.3. The fourth-order valence-electron chi connectivity index (χ4n) is 3.03. The molecule has 10 nitrogen and oxygen atoms in total. The maximum atomic E-state index is 12.3. The van der Waals surface area contributed by atoms with Crippen LogP contribution in [0.4, 0.5) is 5.82 Å². The number of nitrogens with zero attached hydrogens (tertiary/aromatic N) is 3. The van der Waals surface area contributed by atoms with Crippen LogP contribution in [0.1, 0.15) is 0 Å². The third-order valence-corrected chi connectivity index (χ3v) is 4.17. The topological polar surface area (TPSA) is 127 Å². The predicted molar refractivity (Wildman–Crippen MR) is 91.2 cm³/mol. The Morgan fingerprint density at radius 2 is 2.15 bits per heavy atom. The molecular formula is C16H12N6O4. The Bertz CT molecular complexity index is 1210. The van der Waals surface area contributed by atoms with Gasteiger partial charge in [0.25, 0.3) is 5.56 Å². The van der Waals surface area contributed by atoms with Gasteiger partial charge in [0.1, 0.15) is 12.1 Å². The van der Waals surface area contributed by atoms with Crippen LogP contribution in [0.2, 0.25) is 0 Å². The van der Waals surface area contributed by atoms with E-state index in [1.165, 1.54) is 0 Å². The van der Waals surface area contributed by atoms with Crippen LogP contribution in [-0.2, 0) is 11.3 Å². The van der Waals surface area contributed by atoms with Crippen molar-refractivity contribution in [3.05, 3.63) is 41.2 Å². The summed E-state index contributed by atoms with van der Waals surface area (Å²) in [6.07, 6.45) is 4.82. The summed E-state index contributed by atoms with van der Waals surface area (Å²) in [5, 5.41) is 10.4. The van der Waals surface area contributed by atoms with Crippen LogP contribution >= 0.6 is 0 Å². The average molecular weight is 352 g/mol. The number of carbonyl (C=O) groups excluding carboxylic acids is 1. The molecule has 3 N–H and O–H groups in total. The number of anilines is 1. The smallest absolute Gasteiger partial charge is 0.288 e. The molecule has 0 bridgehead atoms. The van der Waals surface area contributed by atoms with Crippen LogP contribution < -0.4 is 20.3 Å². The van der Waals surface area contributed by atoms with Gasteiger partial charge in [0.05, 0.1) is 17.2 Å². The number of hydrogen-bond acceptors (Lipinski definition) is 6. The van der Waals surface area contributed by atoms with E-state index in [0.717, 1.165) is 0 Å². The second-order valence-corrected chi connectivity index (χ2v) is 5.81. The third-order valence-electron chi connectivity index (χ3n) is 4.17. The van der Waals surface area contributed by atoms with Gasteiger partial charge in [0, 0.05) is 23.8 Å². The van der Waals surface area contributed by atoms with Gasteiger partial charge in [-0.15, -0.1) is 0 Å². The summed E-state index contributed by atoms with van der Waals surface area (Å²) < 4.78 is 12.4. The summed E-state index contributed by atoms with van der Waals surface area (Å²) in [6.45, 7) is 0.226. The van der Waals surface area contributed by atoms with Crippen molar-refractivity contribution >= 4 is 33.5 Å². The van der Waals surface area contributed by atoms with Gasteiger partial charge in [0.15, 0.2) is 17.3 Å². The quantitative estimate of drug-likeness (QED) is 0.504. The normalized spacial score (nSPS) is 12.8. The van der Waals surface area contributed by atoms with Crippen molar-refractivity contribution in [1.29, 1.82) is 0 Å². The monoisotopic (exact) mass is 352 g/mol. The minimum absolute atomic E-state index is 0.0804. The number of ether oxygens (including phenoxy) is 2. The van der Waals surface area contributed by atoms with Gasteiger partial charge in [-0.25, -0.2) is 10.1 Å². The lowest BCUT2D eigenvalue weighted by Crippen LogP contribution is -2.20. The Hall–Kier alpha value is -3.82. The first-order chi connectivity index (χ1) is 12.7. The van der Waals surface area contributed by atoms with Crippen molar-refractivity contribution in [2.24, 2.45) is 0 Å². The van der Waals surface area contributed by atoms with Crippen LogP contribution in [0.5, 0.6) is 11.5 Å². The highest BCUT2D eigenvalue weighted by atomic mass is 16.7. The van der Waals surface area contributed by atoms with Crippen LogP contribution in [-0.4, -0.2) is 37.4 Å². The Kier molecular flexibility index (Phi) is 2.98. The number of H-pyrrole nitrogens is 2. The molecule has 0 spiro atoms. The van der Waals surface area contributed by atoms with E-state index in [-0.39, 0.29) is 30.6 Å². The third kappa shape index (κ3) is 2.19. The fourth-order valence-corrected chi connectivity index (χ4v) is 3.03. The van der Waals surface area contributed by atoms with Crippen molar-refractivity contribution in [1.82, 2.24) is 24.7 Å². The molecule has 0 atom stereocenters. The van der Waals surface area contributed by atoms with Crippen LogP contribution in [0.15, 0.2) is 35.6 Å². The zero-order valence-corrected chi connectivity index (χ0v) is 13.3. The van der Waals surface area contributed by atoms with E-state index in [4.69, 9.17) is 9.47 Å². The summed E-state index contributed by atoms with van der Waals surface area (Å²) in [5.41, 5.74) is 0.621. The number of hydrogen-bond donors (Lipinski definition) is 3. The van der Waals surface area contributed by atoms with Gasteiger partial charge in [-0.3, -0.25) is 9.59 Å². The standard InChI is InChI=1S/C16H12N6O4/c23-12(5-22-2-1-17-6-22)19-15-13-8-3-10-11(26-7-25-10)4-9(8)18-14(13)16(24)21-20-15/h1-4,6,18H,5,7H2,(H,21,24)(H,19,20,23). The number of imidazole rings is 1. The van der Waals surface area contributed by atoms with Crippen molar-refractivity contribution in [2.75, 3.05) is 12.1 Å². The lowest BCUT2D eigenvalue weighted by atomic mass is 10.1. The second-order valence-electron chi connectivity index (χ2n) is 5.81. The minimum Gasteiger partial charge on any atom is -0.454 e. The minimum atomic E-state index is -0.384. The van der Waals surface area contributed by atoms with Crippen LogP contribution in [0.25, 0.3) is 21.8 Å². The van der Waals surface area contributed by atoms with Crippen molar-refractivity contribution in [2.45, 2.75) is 6.54 Å². The van der Waals surface area contributed by atoms with Gasteiger partial charge in [-0.1, -0.05) is 0 Å². The first-order valence-corrected chi connectivity index (χ1v) is 7.78. The van der Waals surface area contributed by atoms with Crippen LogP contribution in [0, 0.1) is 0 Å². The number of aromatic amines is 2. The molecule has 4 heterocycles. The summed E-state index contributed by atoms with van der Waals surface area (Å²) in [4.78, 5) is 31.4. The van der Waals surface area contributed by atoms with E-state index in [1.807, 2.05) is 0 Å². The van der Waals surface area contributed by atoms with Gasteiger partial charge in [-0.05, 0) is 6.07 Å². The average Bonchev–Trinajstić information content (AvgIpc) is 3.34. The van der Waals surface area contributed by atoms with Crippen molar-refractivity contribution in [3.63, 3.8) is 0 Å². The van der Waals surface area contributed by atoms with E-state index in [2.05, 4.69) is 25.5 Å². The molecule has 1 aliphatic rings. The maximum absolute atomic E-state index is 12.3. The molecule has 5 rings (SSSR count). The van der Waals surface area contributed by atoms with Gasteiger partial charge in [-0.2, -0.15) is 5.10 Å². The number of carbonyl (C=O) groups is 1. The highest BCUT2D eigenvalue weighted by Crippen LogP contribution is 2.39. The molecule has 0 saturated carbocycles. The summed E-state index contributed by atoms with van der Waals surface area (Å²) >= 11 is 0. The Morgan fingerprint density at radius 3 is 2.96 bits per heavy atom. The molecule has 0 fully saturated rings. The summed E-state index contributed by atoms with van der Waals surface area (Å²) in [6, 6.07) is 3.53. The number of aromatic nitrogens is 5. The predicted octanol–water partition coefficient (Wildman–Crippen LogP) is 0.968. The Labute approximate surface area is 144 Å². The fraction of sp³-hybridized carbons (Fsp3) is 0.125. The molecule has 1 aliphatic heterocycles. The molecule has 0 radical (unpaired) electrons. The van der Waals surface area contributed by atoms with E-state index >= 15 is 0 Å². The van der Waals surface area contributed by atoms with Crippen LogP contribution in [0.3, 0.4) is 0 Å². The zero-order chi connectivity index (χ0) is 17.7. The van der Waals surface area contributed by atoms with E-state index in [9.17, 15) is 9.59 Å². The van der Waals surface area contributed by atoms with Gasteiger partial charge >= 0.3 is 0 Å².